The molecular formula is C20H21Cl2N5O3. The van der Waals surface area contributed by atoms with Gasteiger partial charge in [-0.1, -0.05) is 29.3 Å². The number of rotatable bonds is 5. The fraction of sp³-hybridized carbons (Fsp3) is 0.350. The monoisotopic (exact) mass is 449 g/mol. The number of nitrogens with zero attached hydrogens (tertiary/aromatic N) is 3. The number of benzene rings is 1. The molecule has 158 valence electrons. The van der Waals surface area contributed by atoms with Crippen molar-refractivity contribution in [1.29, 1.82) is 0 Å². The number of H-pyrrole nitrogens is 1. The van der Waals surface area contributed by atoms with Crippen molar-refractivity contribution in [3.8, 4) is 11.1 Å². The third kappa shape index (κ3) is 3.55. The van der Waals surface area contributed by atoms with Crippen LogP contribution in [0.2, 0.25) is 10.0 Å². The molecule has 3 heterocycles. The second kappa shape index (κ2) is 8.29. The molecule has 0 spiro atoms. The molecule has 3 aromatic rings. The van der Waals surface area contributed by atoms with E-state index in [1.165, 1.54) is 7.11 Å². The lowest BCUT2D eigenvalue weighted by Crippen LogP contribution is -2.49. The Morgan fingerprint density at radius 2 is 2.13 bits per heavy atom. The Labute approximate surface area is 183 Å². The van der Waals surface area contributed by atoms with E-state index in [1.54, 1.807) is 24.1 Å². The van der Waals surface area contributed by atoms with Crippen LogP contribution in [0.1, 0.15) is 12.6 Å². The molecule has 0 saturated heterocycles. The van der Waals surface area contributed by atoms with Gasteiger partial charge in [0.15, 0.2) is 0 Å². The number of nitrogens with one attached hydrogen (secondary N) is 2. The van der Waals surface area contributed by atoms with Crippen LogP contribution >= 0.6 is 23.2 Å². The highest BCUT2D eigenvalue weighted by Gasteiger charge is 2.30. The van der Waals surface area contributed by atoms with Crippen LogP contribution in [-0.2, 0) is 27.4 Å². The number of carbonyl (C=O) groups is 2. The lowest BCUT2D eigenvalue weighted by molar-refractivity contribution is -0.138. The van der Waals surface area contributed by atoms with Gasteiger partial charge in [0.1, 0.15) is 12.6 Å². The Hall–Kier alpha value is -2.55. The first-order chi connectivity index (χ1) is 14.4. The van der Waals surface area contributed by atoms with Gasteiger partial charge < -0.3 is 19.5 Å². The van der Waals surface area contributed by atoms with Gasteiger partial charge in [-0.3, -0.25) is 14.7 Å². The number of fused-ring (bicyclic) bond motifs is 3. The molecule has 2 amide bonds. The zero-order chi connectivity index (χ0) is 21.4. The van der Waals surface area contributed by atoms with E-state index in [9.17, 15) is 9.59 Å². The second-order valence-corrected chi connectivity index (χ2v) is 7.99. The number of carbonyl (C=O) groups excluding carboxylic acids is 2. The van der Waals surface area contributed by atoms with E-state index in [0.717, 1.165) is 27.7 Å². The molecule has 4 rings (SSSR count). The molecule has 0 saturated carbocycles. The summed E-state index contributed by atoms with van der Waals surface area (Å²) in [5.41, 5.74) is 3.67. The molecule has 1 aromatic carbocycles. The highest BCUT2D eigenvalue weighted by molar-refractivity contribution is 6.45. The van der Waals surface area contributed by atoms with Gasteiger partial charge in [-0.05, 0) is 13.0 Å². The van der Waals surface area contributed by atoms with Crippen molar-refractivity contribution in [3.63, 3.8) is 0 Å². The standard InChI is InChI=1S/C20H21Cl2N5O3/c1-11(25-16(28)10-30-2)20(29)26-5-6-27-15(9-26)17(12-7-23-24-8-12)13-3-4-14(21)18(22)19(13)27/h3-4,7-8,11H,5-6,9-10H2,1-2H3,(H,23,24)(H,25,28). The summed E-state index contributed by atoms with van der Waals surface area (Å²) < 4.78 is 6.93. The first-order valence-electron chi connectivity index (χ1n) is 9.47. The first-order valence-corrected chi connectivity index (χ1v) is 10.2. The van der Waals surface area contributed by atoms with E-state index in [4.69, 9.17) is 27.9 Å². The van der Waals surface area contributed by atoms with Gasteiger partial charge in [0.2, 0.25) is 11.8 Å². The first kappa shape index (κ1) is 20.7. The zero-order valence-electron chi connectivity index (χ0n) is 16.5. The average Bonchev–Trinajstić information content (AvgIpc) is 3.35. The molecule has 0 bridgehead atoms. The van der Waals surface area contributed by atoms with Crippen molar-refractivity contribution in [2.24, 2.45) is 0 Å². The number of methoxy groups -OCH3 is 1. The maximum Gasteiger partial charge on any atom is 0.246 e. The number of amides is 2. The van der Waals surface area contributed by atoms with Crippen LogP contribution in [0.3, 0.4) is 0 Å². The maximum absolute atomic E-state index is 13.0. The van der Waals surface area contributed by atoms with E-state index in [-0.39, 0.29) is 18.4 Å². The molecule has 2 N–H and O–H groups in total. The van der Waals surface area contributed by atoms with Crippen molar-refractivity contribution in [1.82, 2.24) is 25.0 Å². The molecule has 2 aromatic heterocycles. The Bertz CT molecular complexity index is 1110. The highest BCUT2D eigenvalue weighted by atomic mass is 35.5. The van der Waals surface area contributed by atoms with Gasteiger partial charge >= 0.3 is 0 Å². The van der Waals surface area contributed by atoms with Crippen molar-refractivity contribution in [2.45, 2.75) is 26.1 Å². The van der Waals surface area contributed by atoms with E-state index in [2.05, 4.69) is 20.1 Å². The molecule has 1 aliphatic heterocycles. The Kier molecular flexibility index (Phi) is 5.73. The number of hydrogen-bond acceptors (Lipinski definition) is 4. The van der Waals surface area contributed by atoms with E-state index in [1.807, 2.05) is 12.3 Å². The summed E-state index contributed by atoms with van der Waals surface area (Å²) in [6.45, 7) is 3.03. The summed E-state index contributed by atoms with van der Waals surface area (Å²) in [7, 11) is 1.43. The lowest BCUT2D eigenvalue weighted by atomic mass is 10.0. The summed E-state index contributed by atoms with van der Waals surface area (Å²) >= 11 is 12.8. The third-order valence-corrected chi connectivity index (χ3v) is 6.07. The van der Waals surface area contributed by atoms with Crippen molar-refractivity contribution >= 4 is 45.9 Å². The minimum Gasteiger partial charge on any atom is -0.375 e. The molecule has 8 nitrogen and oxygen atoms in total. The Morgan fingerprint density at radius 1 is 1.33 bits per heavy atom. The van der Waals surface area contributed by atoms with Crippen LogP contribution in [0.5, 0.6) is 0 Å². The molecule has 0 fully saturated rings. The smallest absolute Gasteiger partial charge is 0.246 e. The van der Waals surface area contributed by atoms with Gasteiger partial charge in [0.25, 0.3) is 0 Å². The lowest BCUT2D eigenvalue weighted by Gasteiger charge is -2.32. The zero-order valence-corrected chi connectivity index (χ0v) is 18.0. The molecule has 30 heavy (non-hydrogen) atoms. The largest absolute Gasteiger partial charge is 0.375 e. The van der Waals surface area contributed by atoms with Gasteiger partial charge in [-0.25, -0.2) is 0 Å². The summed E-state index contributed by atoms with van der Waals surface area (Å²) in [6, 6.07) is 3.06. The fourth-order valence-corrected chi connectivity index (χ4v) is 4.39. The normalized spacial score (nSPS) is 14.6. The van der Waals surface area contributed by atoms with Crippen molar-refractivity contribution in [2.75, 3.05) is 20.3 Å². The topological polar surface area (TPSA) is 92.2 Å². The Morgan fingerprint density at radius 3 is 2.83 bits per heavy atom. The van der Waals surface area contributed by atoms with E-state index in [0.29, 0.717) is 29.7 Å². The minimum atomic E-state index is -0.654. The van der Waals surface area contributed by atoms with E-state index < -0.39 is 6.04 Å². The van der Waals surface area contributed by atoms with Crippen LogP contribution in [0.25, 0.3) is 22.0 Å². The molecule has 1 atom stereocenters. The predicted molar refractivity (Wildman–Crippen MR) is 114 cm³/mol. The average molecular weight is 450 g/mol. The highest BCUT2D eigenvalue weighted by Crippen LogP contribution is 2.42. The second-order valence-electron chi connectivity index (χ2n) is 7.20. The Balaban J connectivity index is 1.72. The summed E-state index contributed by atoms with van der Waals surface area (Å²) in [5, 5.41) is 11.5. The molecular weight excluding hydrogens is 429 g/mol. The van der Waals surface area contributed by atoms with Gasteiger partial charge in [0.05, 0.1) is 28.3 Å². The molecule has 0 aliphatic carbocycles. The van der Waals surface area contributed by atoms with Gasteiger partial charge in [-0.15, -0.1) is 0 Å². The van der Waals surface area contributed by atoms with Crippen LogP contribution in [0, 0.1) is 0 Å². The number of ether oxygens (including phenoxy) is 1. The van der Waals surface area contributed by atoms with Crippen LogP contribution in [0.15, 0.2) is 24.5 Å². The predicted octanol–water partition coefficient (Wildman–Crippen LogP) is 2.83. The summed E-state index contributed by atoms with van der Waals surface area (Å²) in [6.07, 6.45) is 3.55. The van der Waals surface area contributed by atoms with Crippen molar-refractivity contribution < 1.29 is 14.3 Å². The number of halogens is 2. The SMILES string of the molecule is COCC(=O)NC(C)C(=O)N1CCn2c(c(-c3cn[nH]c3)c3ccc(Cl)c(Cl)c32)C1. The number of aromatic amines is 1. The maximum atomic E-state index is 13.0. The van der Waals surface area contributed by atoms with Crippen molar-refractivity contribution in [3.05, 3.63) is 40.3 Å². The summed E-state index contributed by atoms with van der Waals surface area (Å²) in [5.74, 6) is -0.483. The van der Waals surface area contributed by atoms with Crippen LogP contribution < -0.4 is 5.32 Å². The number of hydrogen-bond donors (Lipinski definition) is 2. The third-order valence-electron chi connectivity index (χ3n) is 5.28. The quantitative estimate of drug-likeness (QED) is 0.626. The van der Waals surface area contributed by atoms with Crippen LogP contribution in [-0.4, -0.2) is 57.8 Å². The molecule has 1 aliphatic rings. The molecule has 10 heteroatoms. The van der Waals surface area contributed by atoms with E-state index >= 15 is 0 Å². The molecule has 1 unspecified atom stereocenters. The van der Waals surface area contributed by atoms with Gasteiger partial charge in [-0.2, -0.15) is 5.10 Å². The number of aromatic nitrogens is 3. The van der Waals surface area contributed by atoms with Gasteiger partial charge in [0, 0.05) is 48.6 Å². The van der Waals surface area contributed by atoms with Crippen LogP contribution in [0.4, 0.5) is 0 Å². The molecule has 0 radical (unpaired) electrons. The minimum absolute atomic E-state index is 0.0875. The fourth-order valence-electron chi connectivity index (χ4n) is 3.97. The summed E-state index contributed by atoms with van der Waals surface area (Å²) in [4.78, 5) is 26.5.